The van der Waals surface area contributed by atoms with Crippen molar-refractivity contribution in [1.82, 2.24) is 19.9 Å². The fourth-order valence-electron chi connectivity index (χ4n) is 3.77. The Morgan fingerprint density at radius 1 is 1.04 bits per heavy atom. The molecular weight excluding hydrogens is 336 g/mol. The van der Waals surface area contributed by atoms with E-state index < -0.39 is 0 Å². The molecule has 5 nitrogen and oxygen atoms in total. The van der Waals surface area contributed by atoms with Crippen LogP contribution in [0.3, 0.4) is 0 Å². The fourth-order valence-corrected chi connectivity index (χ4v) is 3.77. The summed E-state index contributed by atoms with van der Waals surface area (Å²) in [5.41, 5.74) is 6.73. The normalized spacial score (nSPS) is 13.4. The van der Waals surface area contributed by atoms with Gasteiger partial charge in [-0.1, -0.05) is 18.2 Å². The molecule has 0 spiro atoms. The monoisotopic (exact) mass is 354 g/mol. The van der Waals surface area contributed by atoms with Gasteiger partial charge in [0.25, 0.3) is 5.91 Å². The van der Waals surface area contributed by atoms with Crippen molar-refractivity contribution in [3.63, 3.8) is 0 Å². The van der Waals surface area contributed by atoms with Crippen LogP contribution in [0.1, 0.15) is 16.1 Å². The smallest absolute Gasteiger partial charge is 0.253 e. The average Bonchev–Trinajstić information content (AvgIpc) is 3.06. The maximum absolute atomic E-state index is 12.2. The summed E-state index contributed by atoms with van der Waals surface area (Å²) in [5, 5.41) is 4.00. The number of carbonyl (C=O) groups is 1. The van der Waals surface area contributed by atoms with Gasteiger partial charge in [0.15, 0.2) is 0 Å². The van der Waals surface area contributed by atoms with Crippen LogP contribution in [0, 0.1) is 0 Å². The van der Waals surface area contributed by atoms with Crippen molar-refractivity contribution in [1.29, 1.82) is 0 Å². The first-order valence-corrected chi connectivity index (χ1v) is 8.99. The van der Waals surface area contributed by atoms with Gasteiger partial charge >= 0.3 is 0 Å². The van der Waals surface area contributed by atoms with Crippen molar-refractivity contribution in [3.05, 3.63) is 72.2 Å². The third kappa shape index (κ3) is 2.59. The molecule has 0 aliphatic carbocycles. The Kier molecular flexibility index (Phi) is 3.53. The molecule has 0 saturated heterocycles. The quantitative estimate of drug-likeness (QED) is 0.598. The van der Waals surface area contributed by atoms with E-state index in [0.29, 0.717) is 6.54 Å². The molecule has 132 valence electrons. The molecule has 5 heteroatoms. The Labute approximate surface area is 156 Å². The molecule has 0 fully saturated rings. The molecule has 27 heavy (non-hydrogen) atoms. The topological polar surface area (TPSA) is 59.8 Å². The number of para-hydroxylation sites is 1. The number of benzene rings is 1. The number of carbonyl (C=O) groups excluding carboxylic acids is 1. The first-order valence-electron chi connectivity index (χ1n) is 8.99. The second-order valence-corrected chi connectivity index (χ2v) is 6.80. The summed E-state index contributed by atoms with van der Waals surface area (Å²) >= 11 is 0. The first kappa shape index (κ1) is 15.8. The van der Waals surface area contributed by atoms with Gasteiger partial charge in [-0.05, 0) is 30.3 Å². The summed E-state index contributed by atoms with van der Waals surface area (Å²) in [6.07, 6.45) is 4.52. The number of hydrogen-bond acceptors (Lipinski definition) is 3. The maximum atomic E-state index is 12.2. The largest absolute Gasteiger partial charge is 0.352 e. The van der Waals surface area contributed by atoms with Crippen LogP contribution >= 0.6 is 0 Å². The van der Waals surface area contributed by atoms with E-state index in [2.05, 4.69) is 38.1 Å². The highest BCUT2D eigenvalue weighted by Gasteiger charge is 2.22. The summed E-state index contributed by atoms with van der Waals surface area (Å²) in [6.45, 7) is 0.688. The molecule has 1 aromatic carbocycles. The SMILES string of the molecule is Cn1c(-c2ccnc(-c3cnc4ccccc4c3)c2)cc2c1CCNC2=O. The van der Waals surface area contributed by atoms with Crippen LogP contribution in [-0.2, 0) is 13.5 Å². The number of nitrogens with zero attached hydrogens (tertiary/aromatic N) is 3. The lowest BCUT2D eigenvalue weighted by Gasteiger charge is -2.14. The van der Waals surface area contributed by atoms with Crippen LogP contribution in [0.2, 0.25) is 0 Å². The van der Waals surface area contributed by atoms with Crippen LogP contribution in [0.5, 0.6) is 0 Å². The van der Waals surface area contributed by atoms with E-state index in [1.807, 2.05) is 49.8 Å². The van der Waals surface area contributed by atoms with Gasteiger partial charge in [-0.2, -0.15) is 0 Å². The van der Waals surface area contributed by atoms with Crippen LogP contribution in [0.25, 0.3) is 33.4 Å². The Morgan fingerprint density at radius 3 is 2.81 bits per heavy atom. The molecule has 0 saturated carbocycles. The molecule has 3 aromatic heterocycles. The summed E-state index contributed by atoms with van der Waals surface area (Å²) in [6, 6.07) is 16.2. The van der Waals surface area contributed by atoms with Crippen molar-refractivity contribution in [2.75, 3.05) is 6.54 Å². The minimum atomic E-state index is 0.00566. The Hall–Kier alpha value is -3.47. The number of aromatic nitrogens is 3. The Bertz CT molecular complexity index is 1190. The summed E-state index contributed by atoms with van der Waals surface area (Å²) < 4.78 is 2.12. The van der Waals surface area contributed by atoms with Crippen molar-refractivity contribution < 1.29 is 4.79 Å². The zero-order chi connectivity index (χ0) is 18.4. The lowest BCUT2D eigenvalue weighted by atomic mass is 10.1. The highest BCUT2D eigenvalue weighted by atomic mass is 16.1. The number of rotatable bonds is 2. The van der Waals surface area contributed by atoms with Gasteiger partial charge in [0.2, 0.25) is 0 Å². The highest BCUT2D eigenvalue weighted by Crippen LogP contribution is 2.29. The van der Waals surface area contributed by atoms with Crippen LogP contribution in [0.4, 0.5) is 0 Å². The second kappa shape index (κ2) is 6.06. The fraction of sp³-hybridized carbons (Fsp3) is 0.136. The predicted molar refractivity (Wildman–Crippen MR) is 105 cm³/mol. The highest BCUT2D eigenvalue weighted by molar-refractivity contribution is 5.98. The summed E-state index contributed by atoms with van der Waals surface area (Å²) in [5.74, 6) is 0.00566. The zero-order valence-electron chi connectivity index (χ0n) is 14.9. The standard InChI is InChI=1S/C22H18N4O/c1-26-20-7-9-24-22(27)17(20)12-21(26)15-6-8-23-19(11-15)16-10-14-4-2-3-5-18(14)25-13-16/h2-6,8,10-13H,7,9H2,1H3,(H,24,27). The molecule has 1 aliphatic heterocycles. The number of amides is 1. The lowest BCUT2D eigenvalue weighted by molar-refractivity contribution is 0.0945. The molecule has 4 aromatic rings. The van der Waals surface area contributed by atoms with E-state index in [0.717, 1.165) is 51.1 Å². The third-order valence-electron chi connectivity index (χ3n) is 5.19. The van der Waals surface area contributed by atoms with Crippen molar-refractivity contribution in [2.45, 2.75) is 6.42 Å². The van der Waals surface area contributed by atoms with E-state index in [1.165, 1.54) is 0 Å². The number of nitrogens with one attached hydrogen (secondary N) is 1. The first-order chi connectivity index (χ1) is 13.2. The molecule has 5 rings (SSSR count). The predicted octanol–water partition coefficient (Wildman–Crippen LogP) is 3.59. The van der Waals surface area contributed by atoms with E-state index in [4.69, 9.17) is 0 Å². The van der Waals surface area contributed by atoms with Crippen LogP contribution < -0.4 is 5.32 Å². The number of pyridine rings is 2. The number of hydrogen-bond donors (Lipinski definition) is 1. The van der Waals surface area contributed by atoms with Gasteiger partial charge in [-0.25, -0.2) is 0 Å². The Balaban J connectivity index is 1.61. The Morgan fingerprint density at radius 2 is 1.93 bits per heavy atom. The minimum Gasteiger partial charge on any atom is -0.352 e. The van der Waals surface area contributed by atoms with E-state index in [9.17, 15) is 4.79 Å². The third-order valence-corrected chi connectivity index (χ3v) is 5.19. The van der Waals surface area contributed by atoms with Crippen molar-refractivity contribution >= 4 is 16.8 Å². The molecule has 1 amide bonds. The van der Waals surface area contributed by atoms with Gasteiger partial charge < -0.3 is 9.88 Å². The van der Waals surface area contributed by atoms with E-state index in [1.54, 1.807) is 0 Å². The van der Waals surface area contributed by atoms with Gasteiger partial charge in [-0.15, -0.1) is 0 Å². The summed E-state index contributed by atoms with van der Waals surface area (Å²) in [7, 11) is 2.02. The molecule has 4 heterocycles. The van der Waals surface area contributed by atoms with Gasteiger partial charge in [0.1, 0.15) is 0 Å². The molecule has 0 bridgehead atoms. The van der Waals surface area contributed by atoms with Gasteiger partial charge in [0.05, 0.1) is 16.8 Å². The van der Waals surface area contributed by atoms with Crippen LogP contribution in [-0.4, -0.2) is 27.0 Å². The molecular formula is C22H18N4O. The van der Waals surface area contributed by atoms with E-state index >= 15 is 0 Å². The maximum Gasteiger partial charge on any atom is 0.253 e. The van der Waals surface area contributed by atoms with Gasteiger partial charge in [-0.3, -0.25) is 14.8 Å². The molecule has 0 radical (unpaired) electrons. The van der Waals surface area contributed by atoms with Crippen molar-refractivity contribution in [3.8, 4) is 22.5 Å². The average molecular weight is 354 g/mol. The summed E-state index contributed by atoms with van der Waals surface area (Å²) in [4.78, 5) is 21.2. The van der Waals surface area contributed by atoms with Crippen LogP contribution in [0.15, 0.2) is 60.9 Å². The second-order valence-electron chi connectivity index (χ2n) is 6.80. The molecule has 1 N–H and O–H groups in total. The number of fused-ring (bicyclic) bond motifs is 2. The molecule has 1 aliphatic rings. The minimum absolute atomic E-state index is 0.00566. The van der Waals surface area contributed by atoms with E-state index in [-0.39, 0.29) is 5.91 Å². The van der Waals surface area contributed by atoms with Crippen molar-refractivity contribution in [2.24, 2.45) is 7.05 Å². The molecule has 0 atom stereocenters. The molecule has 0 unspecified atom stereocenters. The lowest BCUT2D eigenvalue weighted by Crippen LogP contribution is -2.31. The zero-order valence-corrected chi connectivity index (χ0v) is 14.9. The van der Waals surface area contributed by atoms with Gasteiger partial charge in [0, 0.05) is 60.3 Å².